The van der Waals surface area contributed by atoms with E-state index in [1.165, 1.54) is 176 Å². The Hall–Kier alpha value is -10.7. The molecule has 0 unspecified atom stereocenters. The molecular weight excluding hydrogens is 1470 g/mol. The number of rotatable bonds is 26. The summed E-state index contributed by atoms with van der Waals surface area (Å²) in [6, 6.07) is 75.6. The highest BCUT2D eigenvalue weighted by Crippen LogP contribution is 2.68. The third-order valence-electron chi connectivity index (χ3n) is 23.4. The van der Waals surface area contributed by atoms with Gasteiger partial charge in [-0.3, -0.25) is 9.59 Å². The Labute approximate surface area is 690 Å². The molecule has 6 nitrogen and oxygen atoms in total. The van der Waals surface area contributed by atoms with Crippen molar-refractivity contribution in [1.82, 2.24) is 0 Å². The van der Waals surface area contributed by atoms with Gasteiger partial charge in [0.05, 0.1) is 25.8 Å². The summed E-state index contributed by atoms with van der Waals surface area (Å²) in [7, 11) is 0. The zero-order valence-corrected chi connectivity index (χ0v) is 70.3. The molecule has 4 heterocycles. The van der Waals surface area contributed by atoms with E-state index in [1.54, 1.807) is 34.8 Å². The number of thiophene rings is 4. The summed E-state index contributed by atoms with van der Waals surface area (Å²) < 4.78 is 4.51. The number of benzene rings is 8. The summed E-state index contributed by atoms with van der Waals surface area (Å²) in [5.74, 6) is -0.479. The highest BCUT2D eigenvalue weighted by atomic mass is 32.1. The van der Waals surface area contributed by atoms with E-state index in [2.05, 4.69) is 209 Å². The predicted octanol–water partition coefficient (Wildman–Crippen LogP) is 29.7. The van der Waals surface area contributed by atoms with Gasteiger partial charge in [-0.15, -0.1) is 45.3 Å². The second kappa shape index (κ2) is 35.8. The van der Waals surface area contributed by atoms with Gasteiger partial charge in [0.15, 0.2) is 11.6 Å². The molecule has 0 saturated heterocycles. The molecule has 0 amide bonds. The van der Waals surface area contributed by atoms with Gasteiger partial charge in [-0.1, -0.05) is 300 Å². The number of nitriles is 2. The van der Waals surface area contributed by atoms with Gasteiger partial charge in [0.1, 0.15) is 30.9 Å². The number of aryl methyl sites for hydroxylation is 6. The van der Waals surface area contributed by atoms with Crippen molar-refractivity contribution in [2.45, 2.75) is 195 Å². The third kappa shape index (κ3) is 14.9. The average Bonchev–Trinajstić information content (AvgIpc) is 1.49. The van der Waals surface area contributed by atoms with Crippen LogP contribution in [0.1, 0.15) is 264 Å². The Morgan fingerprint density at radius 2 is 0.711 bits per heavy atom. The lowest BCUT2D eigenvalue weighted by atomic mass is 9.65. The van der Waals surface area contributed by atoms with Gasteiger partial charge in [-0.25, -0.2) is 0 Å². The number of hydrogen-bond donors (Lipinski definition) is 0. The quantitative estimate of drug-likeness (QED) is 0.0234. The number of hydrogen-bond acceptors (Lipinski definition) is 8. The zero-order chi connectivity index (χ0) is 79.6. The maximum Gasteiger partial charge on any atom is 0.528 e. The molecule has 0 aliphatic heterocycles. The Bertz CT molecular complexity index is 5400. The van der Waals surface area contributed by atoms with Crippen LogP contribution in [0.5, 0.6) is 0 Å². The maximum atomic E-state index is 14.7. The van der Waals surface area contributed by atoms with Crippen molar-refractivity contribution in [3.63, 3.8) is 0 Å². The van der Waals surface area contributed by atoms with Crippen LogP contribution in [0.2, 0.25) is 0 Å². The van der Waals surface area contributed by atoms with Crippen LogP contribution in [-0.2, 0) is 36.5 Å². The van der Waals surface area contributed by atoms with Gasteiger partial charge in [-0.2, -0.15) is 20.2 Å². The molecule has 0 radical (unpaired) electrons. The van der Waals surface area contributed by atoms with E-state index in [9.17, 15) is 20.1 Å². The summed E-state index contributed by atoms with van der Waals surface area (Å²) in [6.45, 7) is 33.6. The van der Waals surface area contributed by atoms with E-state index in [4.69, 9.17) is 13.1 Å². The fourth-order valence-electron chi connectivity index (χ4n) is 17.7. The van der Waals surface area contributed by atoms with Gasteiger partial charge in [0, 0.05) is 67.9 Å². The Morgan fingerprint density at radius 1 is 0.395 bits per heavy atom. The molecule has 0 saturated carbocycles. The van der Waals surface area contributed by atoms with Crippen molar-refractivity contribution in [3.8, 4) is 33.0 Å². The Balaban J connectivity index is 0.00000101. The number of unbranched alkanes of at least 4 members (excludes halogenated alkanes) is 12. The van der Waals surface area contributed by atoms with Crippen molar-refractivity contribution in [3.05, 3.63) is 349 Å². The van der Waals surface area contributed by atoms with E-state index in [0.717, 1.165) is 79.9 Å². The van der Waals surface area contributed by atoms with Gasteiger partial charge >= 0.3 is 5.82 Å². The standard InChI is InChI=1S/C94H82N4O2S4.C8H10.C2H6/c1-7-11-15-19-27-59-35-43-64(44-36-59)93(65-45-37-60(38-46-65)28-20-16-12-8-2)78-56-75-79(55-74(78)88-84(93)90-80(103-88)53-68(101-90)51-76-82(63(57-95)58-96)70-31-23-25-33-72(70)86(76)99)94(66-47-39-61(40-48-66)29-21-17-13-9-3,67-49-41-62(42-50-67)30-22-18-14-10-4)85-89(75)104-81-54-69(102-91(81)85)52-77-83(92(97-5)98-6)71-32-24-26-34-73(71)87(77)100;1-7-3-5-8(2)6-4-7;1-2/h23-26,31-56H,7-22,27-30H2,1-4H3;3-6H,1-2H3;1-2H3/b76-51+,77-52+;;. The van der Waals surface area contributed by atoms with Crippen LogP contribution in [-0.4, -0.2) is 11.6 Å². The van der Waals surface area contributed by atoms with Crippen LogP contribution in [0.4, 0.5) is 0 Å². The van der Waals surface area contributed by atoms with Gasteiger partial charge in [0.25, 0.3) is 0 Å². The van der Waals surface area contributed by atoms with Crippen molar-refractivity contribution in [1.29, 1.82) is 10.5 Å². The summed E-state index contributed by atoms with van der Waals surface area (Å²) >= 11 is 7.04. The number of allylic oxidation sites excluding steroid dienone is 5. The molecule has 12 aromatic rings. The third-order valence-corrected chi connectivity index (χ3v) is 28.2. The first-order chi connectivity index (χ1) is 55.8. The molecule has 4 aliphatic carbocycles. The topological polar surface area (TPSA) is 90.4 Å². The summed E-state index contributed by atoms with van der Waals surface area (Å²) in [5.41, 5.74) is 22.0. The minimum Gasteiger partial charge on any atom is -0.289 e. The number of fused-ring (bicyclic) bond motifs is 12. The smallest absolute Gasteiger partial charge is 0.289 e. The molecule has 0 N–H and O–H groups in total. The number of ketones is 2. The van der Waals surface area contributed by atoms with Crippen LogP contribution in [0, 0.1) is 49.7 Å². The number of nitrogens with zero attached hydrogens (tertiary/aromatic N) is 4. The number of carbonyl (C=O) groups is 2. The van der Waals surface area contributed by atoms with E-state index in [1.807, 2.05) is 85.1 Å². The number of Topliss-reactive ketones (excluding diaryl/α,β-unsaturated/α-hetero) is 2. The first-order valence-corrected chi connectivity index (χ1v) is 44.6. The first kappa shape index (κ1) is 80.0. The van der Waals surface area contributed by atoms with Gasteiger partial charge in [-0.05, 0) is 180 Å². The SMILES string of the molecule is CC.Cc1ccc(C)cc1.[C-]#[N+]C([N+]#[C-])=C1/C(=C\c2cc3sc4c(c3s2)C(c2ccc(CCCCCC)cc2)(c2ccc(CCCCCC)cc2)c2cc3c(cc2-4)C(c2ccc(CCCCCC)cc2)(c2ccc(CCCCCC)cc2)c2c-3sc3cc(/C=C4/C(=O)c5ccccc5C4=C(C#N)C#N)sc23)C(=O)c2ccccc21. The van der Waals surface area contributed by atoms with E-state index >= 15 is 0 Å². The molecule has 8 aromatic carbocycles. The normalized spacial score (nSPS) is 14.3. The predicted molar refractivity (Wildman–Crippen MR) is 482 cm³/mol. The Kier molecular flexibility index (Phi) is 25.1. The molecule has 0 spiro atoms. The van der Waals surface area contributed by atoms with Crippen molar-refractivity contribution < 1.29 is 9.59 Å². The van der Waals surface area contributed by atoms with E-state index in [-0.39, 0.29) is 23.0 Å². The molecule has 114 heavy (non-hydrogen) atoms. The van der Waals surface area contributed by atoms with Crippen molar-refractivity contribution in [2.75, 3.05) is 0 Å². The minimum atomic E-state index is -0.835. The zero-order valence-electron chi connectivity index (χ0n) is 67.0. The molecule has 10 heteroatoms. The molecule has 4 aromatic heterocycles. The second-order valence-corrected chi connectivity index (χ2v) is 35.0. The molecule has 0 fully saturated rings. The minimum absolute atomic E-state index is 0.0786. The Morgan fingerprint density at radius 3 is 1.03 bits per heavy atom. The number of carbonyl (C=O) groups excluding carboxylic acids is 2. The van der Waals surface area contributed by atoms with Crippen LogP contribution in [0.3, 0.4) is 0 Å². The van der Waals surface area contributed by atoms with Crippen molar-refractivity contribution >= 4 is 99.0 Å². The fourth-order valence-corrected chi connectivity index (χ4v) is 23.2. The molecule has 0 bridgehead atoms. The van der Waals surface area contributed by atoms with Crippen LogP contribution in [0.15, 0.2) is 217 Å². The largest absolute Gasteiger partial charge is 0.528 e. The molecule has 16 rings (SSSR count). The van der Waals surface area contributed by atoms with Crippen LogP contribution in [0.25, 0.3) is 72.7 Å². The fraction of sp³-hybridized carbons (Fsp3) is 0.288. The summed E-state index contributed by atoms with van der Waals surface area (Å²) in [6.07, 6.45) is 26.8. The lowest BCUT2D eigenvalue weighted by molar-refractivity contribution is 0.103. The first-order valence-electron chi connectivity index (χ1n) is 41.4. The summed E-state index contributed by atoms with van der Waals surface area (Å²) in [5, 5.41) is 20.9. The summed E-state index contributed by atoms with van der Waals surface area (Å²) in [4.78, 5) is 40.9. The highest BCUT2D eigenvalue weighted by molar-refractivity contribution is 7.31. The van der Waals surface area contributed by atoms with Gasteiger partial charge < -0.3 is 0 Å². The van der Waals surface area contributed by atoms with Crippen molar-refractivity contribution in [2.24, 2.45) is 0 Å². The maximum absolute atomic E-state index is 14.7. The lowest BCUT2D eigenvalue weighted by Crippen LogP contribution is -2.30. The van der Waals surface area contributed by atoms with E-state index < -0.39 is 10.8 Å². The van der Waals surface area contributed by atoms with Crippen LogP contribution >= 0.6 is 45.3 Å². The average molecular weight is 1560 g/mol. The molecule has 570 valence electrons. The monoisotopic (exact) mass is 1560 g/mol. The molecule has 4 aliphatic rings. The highest BCUT2D eigenvalue weighted by Gasteiger charge is 2.55. The molecule has 0 atom stereocenters. The second-order valence-electron chi connectivity index (χ2n) is 30.7. The van der Waals surface area contributed by atoms with E-state index in [0.29, 0.717) is 44.5 Å². The van der Waals surface area contributed by atoms with Gasteiger partial charge in [0.2, 0.25) is 0 Å². The van der Waals surface area contributed by atoms with Crippen LogP contribution < -0.4 is 0 Å². The molecular formula is C104H98N4O2S4. The lowest BCUT2D eigenvalue weighted by Gasteiger charge is -2.36.